The van der Waals surface area contributed by atoms with E-state index in [9.17, 15) is 4.39 Å². The van der Waals surface area contributed by atoms with E-state index in [1.54, 1.807) is 12.1 Å². The molecule has 1 atom stereocenters. The van der Waals surface area contributed by atoms with Gasteiger partial charge in [0.15, 0.2) is 0 Å². The Morgan fingerprint density at radius 2 is 1.72 bits per heavy atom. The van der Waals surface area contributed by atoms with Gasteiger partial charge in [0.2, 0.25) is 0 Å². The summed E-state index contributed by atoms with van der Waals surface area (Å²) in [5.41, 5.74) is 0.864. The van der Waals surface area contributed by atoms with Crippen molar-refractivity contribution in [2.45, 2.75) is 57.8 Å². The van der Waals surface area contributed by atoms with E-state index < -0.39 is 0 Å². The third-order valence-electron chi connectivity index (χ3n) is 3.44. The molecule has 102 valence electrons. The monoisotopic (exact) mass is 314 g/mol. The maximum Gasteiger partial charge on any atom is 0.126 e. The molecule has 1 aromatic rings. The largest absolute Gasteiger partial charge is 0.207 e. The van der Waals surface area contributed by atoms with Crippen molar-refractivity contribution in [3.8, 4) is 0 Å². The molecule has 0 aromatic heterocycles. The number of rotatable bonds is 9. The van der Waals surface area contributed by atoms with Crippen LogP contribution in [0, 0.1) is 5.82 Å². The number of hydrogen-bond donors (Lipinski definition) is 0. The zero-order chi connectivity index (χ0) is 13.2. The second-order valence-electron chi connectivity index (χ2n) is 4.93. The van der Waals surface area contributed by atoms with E-state index >= 15 is 0 Å². The maximum absolute atomic E-state index is 13.7. The second kappa shape index (κ2) is 9.55. The van der Waals surface area contributed by atoms with Crippen molar-refractivity contribution in [2.24, 2.45) is 0 Å². The fourth-order valence-electron chi connectivity index (χ4n) is 2.29. The summed E-state index contributed by atoms with van der Waals surface area (Å²) in [5.74, 6) is 0.255. The zero-order valence-corrected chi connectivity index (χ0v) is 12.9. The third kappa shape index (κ3) is 5.51. The first kappa shape index (κ1) is 15.7. The van der Waals surface area contributed by atoms with Crippen molar-refractivity contribution >= 4 is 15.9 Å². The molecule has 18 heavy (non-hydrogen) atoms. The van der Waals surface area contributed by atoms with Crippen LogP contribution in [0.2, 0.25) is 0 Å². The Bertz CT molecular complexity index is 325. The summed E-state index contributed by atoms with van der Waals surface area (Å²) < 4.78 is 13.7. The molecule has 0 saturated carbocycles. The molecule has 1 aromatic carbocycles. The SMILES string of the molecule is CCCCCCCCC(CBr)c1ccccc1F. The smallest absolute Gasteiger partial charge is 0.126 e. The van der Waals surface area contributed by atoms with E-state index in [0.29, 0.717) is 5.92 Å². The Kier molecular flexibility index (Phi) is 8.32. The van der Waals surface area contributed by atoms with Crippen molar-refractivity contribution in [1.82, 2.24) is 0 Å². The van der Waals surface area contributed by atoms with Gasteiger partial charge in [-0.3, -0.25) is 0 Å². The van der Waals surface area contributed by atoms with Gasteiger partial charge in [-0.05, 0) is 24.0 Å². The van der Waals surface area contributed by atoms with E-state index in [-0.39, 0.29) is 5.82 Å². The molecule has 0 fully saturated rings. The van der Waals surface area contributed by atoms with E-state index in [1.807, 2.05) is 12.1 Å². The lowest BCUT2D eigenvalue weighted by atomic mass is 9.94. The zero-order valence-electron chi connectivity index (χ0n) is 11.3. The average Bonchev–Trinajstić information content (AvgIpc) is 2.39. The van der Waals surface area contributed by atoms with Gasteiger partial charge in [-0.15, -0.1) is 0 Å². The van der Waals surface area contributed by atoms with Gasteiger partial charge in [0.1, 0.15) is 5.82 Å². The number of halogens is 2. The molecule has 0 spiro atoms. The van der Waals surface area contributed by atoms with E-state index in [1.165, 1.54) is 38.5 Å². The van der Waals surface area contributed by atoms with Crippen molar-refractivity contribution in [1.29, 1.82) is 0 Å². The van der Waals surface area contributed by atoms with E-state index in [0.717, 1.165) is 17.3 Å². The van der Waals surface area contributed by atoms with Crippen LogP contribution < -0.4 is 0 Å². The first-order valence-electron chi connectivity index (χ1n) is 7.10. The maximum atomic E-state index is 13.7. The summed E-state index contributed by atoms with van der Waals surface area (Å²) >= 11 is 3.51. The van der Waals surface area contributed by atoms with Gasteiger partial charge in [0, 0.05) is 5.33 Å². The molecular weight excluding hydrogens is 291 g/mol. The molecular formula is C16H24BrF. The molecule has 0 nitrogen and oxygen atoms in total. The minimum absolute atomic E-state index is 0.0621. The van der Waals surface area contributed by atoms with Gasteiger partial charge in [0.25, 0.3) is 0 Å². The average molecular weight is 315 g/mol. The van der Waals surface area contributed by atoms with Crippen LogP contribution in [0.15, 0.2) is 24.3 Å². The Hall–Kier alpha value is -0.370. The van der Waals surface area contributed by atoms with Crippen LogP contribution in [0.3, 0.4) is 0 Å². The van der Waals surface area contributed by atoms with Gasteiger partial charge in [-0.2, -0.15) is 0 Å². The molecule has 0 radical (unpaired) electrons. The molecule has 0 heterocycles. The Labute approximate surface area is 119 Å². The van der Waals surface area contributed by atoms with Gasteiger partial charge < -0.3 is 0 Å². The molecule has 0 amide bonds. The van der Waals surface area contributed by atoms with Gasteiger partial charge in [0.05, 0.1) is 0 Å². The van der Waals surface area contributed by atoms with Crippen LogP contribution in [-0.2, 0) is 0 Å². The summed E-state index contributed by atoms with van der Waals surface area (Å²) in [4.78, 5) is 0. The van der Waals surface area contributed by atoms with Gasteiger partial charge in [-0.25, -0.2) is 4.39 Å². The topological polar surface area (TPSA) is 0 Å². The minimum atomic E-state index is -0.0621. The molecule has 0 aliphatic heterocycles. The number of unbranched alkanes of at least 4 members (excludes halogenated alkanes) is 5. The number of alkyl halides is 1. The summed E-state index contributed by atoms with van der Waals surface area (Å²) in [5, 5.41) is 0.850. The van der Waals surface area contributed by atoms with Crippen molar-refractivity contribution in [3.63, 3.8) is 0 Å². The predicted octanol–water partition coefficient (Wildman–Crippen LogP) is 6.05. The van der Waals surface area contributed by atoms with Gasteiger partial charge in [-0.1, -0.05) is 79.6 Å². The summed E-state index contributed by atoms with van der Waals surface area (Å²) in [6.07, 6.45) is 8.86. The lowest BCUT2D eigenvalue weighted by Gasteiger charge is -2.15. The second-order valence-corrected chi connectivity index (χ2v) is 5.58. The molecule has 0 N–H and O–H groups in total. The molecule has 0 saturated heterocycles. The Balaban J connectivity index is 2.32. The minimum Gasteiger partial charge on any atom is -0.207 e. The van der Waals surface area contributed by atoms with Crippen molar-refractivity contribution in [3.05, 3.63) is 35.6 Å². The standard InChI is InChI=1S/C16H24BrF/c1-2-3-4-5-6-7-10-14(13-17)15-11-8-9-12-16(15)18/h8-9,11-12,14H,2-7,10,13H2,1H3. The highest BCUT2D eigenvalue weighted by atomic mass is 79.9. The third-order valence-corrected chi connectivity index (χ3v) is 4.22. The molecule has 1 unspecified atom stereocenters. The van der Waals surface area contributed by atoms with Crippen LogP contribution in [-0.4, -0.2) is 5.33 Å². The van der Waals surface area contributed by atoms with E-state index in [4.69, 9.17) is 0 Å². The lowest BCUT2D eigenvalue weighted by molar-refractivity contribution is 0.538. The van der Waals surface area contributed by atoms with Crippen LogP contribution in [0.4, 0.5) is 4.39 Å². The first-order chi connectivity index (χ1) is 8.79. The molecule has 1 rings (SSSR count). The fourth-order valence-corrected chi connectivity index (χ4v) is 2.97. The Morgan fingerprint density at radius 1 is 1.06 bits per heavy atom. The highest BCUT2D eigenvalue weighted by Crippen LogP contribution is 2.26. The van der Waals surface area contributed by atoms with Crippen molar-refractivity contribution in [2.75, 3.05) is 5.33 Å². The first-order valence-corrected chi connectivity index (χ1v) is 8.22. The van der Waals surface area contributed by atoms with Gasteiger partial charge >= 0.3 is 0 Å². The number of benzene rings is 1. The van der Waals surface area contributed by atoms with Crippen LogP contribution in [0.1, 0.15) is 63.4 Å². The predicted molar refractivity (Wildman–Crippen MR) is 80.9 cm³/mol. The van der Waals surface area contributed by atoms with Crippen LogP contribution >= 0.6 is 15.9 Å². The Morgan fingerprint density at radius 3 is 2.39 bits per heavy atom. The molecule has 0 bridgehead atoms. The highest BCUT2D eigenvalue weighted by molar-refractivity contribution is 9.09. The van der Waals surface area contributed by atoms with Crippen LogP contribution in [0.5, 0.6) is 0 Å². The lowest BCUT2D eigenvalue weighted by Crippen LogP contribution is -2.03. The van der Waals surface area contributed by atoms with Crippen LogP contribution in [0.25, 0.3) is 0 Å². The molecule has 0 aliphatic rings. The summed E-state index contributed by atoms with van der Waals surface area (Å²) in [7, 11) is 0. The molecule has 2 heteroatoms. The molecule has 0 aliphatic carbocycles. The van der Waals surface area contributed by atoms with Crippen molar-refractivity contribution < 1.29 is 4.39 Å². The summed E-state index contributed by atoms with van der Waals surface area (Å²) in [6, 6.07) is 7.16. The fraction of sp³-hybridized carbons (Fsp3) is 0.625. The normalized spacial score (nSPS) is 12.6. The summed E-state index contributed by atoms with van der Waals surface area (Å²) in [6.45, 7) is 2.24. The highest BCUT2D eigenvalue weighted by Gasteiger charge is 2.13. The number of hydrogen-bond acceptors (Lipinski definition) is 0. The quantitative estimate of drug-likeness (QED) is 0.384. The van der Waals surface area contributed by atoms with E-state index in [2.05, 4.69) is 22.9 Å².